The molecule has 0 unspecified atom stereocenters. The number of rotatable bonds is 7. The molecule has 19 heavy (non-hydrogen) atoms. The average molecular weight is 368 g/mol. The molecule has 8 heteroatoms. The Morgan fingerprint density at radius 1 is 1.47 bits per heavy atom. The molecular formula is C11H14BrNO4S2. The maximum absolute atomic E-state index is 12.1. The predicted octanol–water partition coefficient (Wildman–Crippen LogP) is 1.93. The number of nitrogens with one attached hydrogen (secondary N) is 1. The Morgan fingerprint density at radius 3 is 2.63 bits per heavy atom. The summed E-state index contributed by atoms with van der Waals surface area (Å²) in [5, 5.41) is 9.03. The van der Waals surface area contributed by atoms with Crippen LogP contribution in [0.4, 0.5) is 0 Å². The van der Waals surface area contributed by atoms with Gasteiger partial charge in [0.05, 0.1) is 4.90 Å². The maximum atomic E-state index is 12.1. The maximum Gasteiger partial charge on any atom is 0.321 e. The van der Waals surface area contributed by atoms with Crippen LogP contribution in [0, 0.1) is 0 Å². The van der Waals surface area contributed by atoms with Crippen molar-refractivity contribution in [1.29, 1.82) is 0 Å². The van der Waals surface area contributed by atoms with Crippen LogP contribution in [0.2, 0.25) is 0 Å². The molecule has 0 saturated carbocycles. The zero-order chi connectivity index (χ0) is 14.5. The summed E-state index contributed by atoms with van der Waals surface area (Å²) < 4.78 is 26.9. The van der Waals surface area contributed by atoms with E-state index in [9.17, 15) is 13.2 Å². The highest BCUT2D eigenvalue weighted by Gasteiger charge is 2.26. The van der Waals surface area contributed by atoms with Gasteiger partial charge in [0.25, 0.3) is 0 Å². The van der Waals surface area contributed by atoms with Gasteiger partial charge < -0.3 is 5.11 Å². The third-order valence-corrected chi connectivity index (χ3v) is 5.46. The van der Waals surface area contributed by atoms with Gasteiger partial charge in [-0.15, -0.1) is 0 Å². The molecular weight excluding hydrogens is 354 g/mol. The summed E-state index contributed by atoms with van der Waals surface area (Å²) >= 11 is 4.61. The number of halogens is 1. The Balaban J connectivity index is 2.95. The van der Waals surface area contributed by atoms with Crippen molar-refractivity contribution in [2.24, 2.45) is 0 Å². The van der Waals surface area contributed by atoms with Crippen LogP contribution in [0.1, 0.15) is 6.42 Å². The number of carboxylic acids is 1. The molecule has 0 radical (unpaired) electrons. The second kappa shape index (κ2) is 7.28. The Labute approximate surface area is 125 Å². The minimum absolute atomic E-state index is 0.0328. The van der Waals surface area contributed by atoms with E-state index in [1.165, 1.54) is 17.8 Å². The lowest BCUT2D eigenvalue weighted by molar-refractivity contribution is -0.139. The summed E-state index contributed by atoms with van der Waals surface area (Å²) in [7, 11) is -3.85. The fraction of sp³-hybridized carbons (Fsp3) is 0.364. The van der Waals surface area contributed by atoms with Gasteiger partial charge in [0.2, 0.25) is 10.0 Å². The normalized spacial score (nSPS) is 13.2. The first-order valence-electron chi connectivity index (χ1n) is 5.37. The largest absolute Gasteiger partial charge is 0.480 e. The van der Waals surface area contributed by atoms with E-state index in [1.807, 2.05) is 6.26 Å². The van der Waals surface area contributed by atoms with Gasteiger partial charge in [-0.1, -0.05) is 12.1 Å². The number of carboxylic acid groups (broad SMARTS) is 1. The molecule has 1 aromatic rings. The fourth-order valence-electron chi connectivity index (χ4n) is 1.38. The van der Waals surface area contributed by atoms with E-state index in [0.29, 0.717) is 10.2 Å². The fourth-order valence-corrected chi connectivity index (χ4v) is 4.08. The van der Waals surface area contributed by atoms with Gasteiger partial charge in [-0.25, -0.2) is 8.42 Å². The van der Waals surface area contributed by atoms with E-state index in [2.05, 4.69) is 20.7 Å². The van der Waals surface area contributed by atoms with Crippen molar-refractivity contribution in [3.05, 3.63) is 28.7 Å². The summed E-state index contributed by atoms with van der Waals surface area (Å²) in [5.41, 5.74) is 0. The molecule has 0 fully saturated rings. The number of thioether (sulfide) groups is 1. The van der Waals surface area contributed by atoms with Crippen LogP contribution in [0.5, 0.6) is 0 Å². The number of aliphatic carboxylic acids is 1. The summed E-state index contributed by atoms with van der Waals surface area (Å²) in [6.07, 6.45) is 2.07. The van der Waals surface area contributed by atoms with Crippen LogP contribution >= 0.6 is 27.7 Å². The van der Waals surface area contributed by atoms with Crippen LogP contribution in [-0.4, -0.2) is 37.5 Å². The second-order valence-corrected chi connectivity index (χ2v) is 7.25. The van der Waals surface area contributed by atoms with Crippen molar-refractivity contribution in [3.8, 4) is 0 Å². The molecule has 1 aromatic carbocycles. The third-order valence-electron chi connectivity index (χ3n) is 2.33. The summed E-state index contributed by atoms with van der Waals surface area (Å²) in [6, 6.07) is 5.15. The first kappa shape index (κ1) is 16.5. The Kier molecular flexibility index (Phi) is 6.31. The molecule has 2 N–H and O–H groups in total. The van der Waals surface area contributed by atoms with Crippen molar-refractivity contribution < 1.29 is 18.3 Å². The predicted molar refractivity (Wildman–Crippen MR) is 78.9 cm³/mol. The molecule has 1 atom stereocenters. The first-order valence-corrected chi connectivity index (χ1v) is 9.04. The minimum atomic E-state index is -3.85. The molecule has 0 aliphatic carbocycles. The Morgan fingerprint density at radius 2 is 2.11 bits per heavy atom. The number of benzene rings is 1. The second-order valence-electron chi connectivity index (χ2n) is 3.72. The van der Waals surface area contributed by atoms with Gasteiger partial charge >= 0.3 is 5.97 Å². The quantitative estimate of drug-likeness (QED) is 0.769. The number of carbonyl (C=O) groups is 1. The molecule has 0 amide bonds. The van der Waals surface area contributed by atoms with Crippen molar-refractivity contribution in [1.82, 2.24) is 4.72 Å². The average Bonchev–Trinajstić information content (AvgIpc) is 2.34. The zero-order valence-corrected chi connectivity index (χ0v) is 13.4. The topological polar surface area (TPSA) is 83.5 Å². The third kappa shape index (κ3) is 4.79. The summed E-state index contributed by atoms with van der Waals surface area (Å²) in [6.45, 7) is 0. The summed E-state index contributed by atoms with van der Waals surface area (Å²) in [4.78, 5) is 11.1. The van der Waals surface area contributed by atoms with Gasteiger partial charge in [0.1, 0.15) is 6.04 Å². The first-order chi connectivity index (χ1) is 8.88. The molecule has 0 bridgehead atoms. The molecule has 0 aliphatic heterocycles. The smallest absolute Gasteiger partial charge is 0.321 e. The van der Waals surface area contributed by atoms with Crippen molar-refractivity contribution in [2.75, 3.05) is 12.0 Å². The molecule has 1 rings (SSSR count). The highest BCUT2D eigenvalue weighted by molar-refractivity contribution is 9.10. The van der Waals surface area contributed by atoms with E-state index in [4.69, 9.17) is 5.11 Å². The lowest BCUT2D eigenvalue weighted by Gasteiger charge is -2.15. The Bertz CT molecular complexity index is 547. The van der Waals surface area contributed by atoms with Gasteiger partial charge in [0.15, 0.2) is 0 Å². The standard InChI is InChI=1S/C11H14BrNO4S2/c1-18-7-6-9(11(14)15)13-19(16,17)10-5-3-2-4-8(10)12/h2-5,9,13H,6-7H2,1H3,(H,14,15)/t9-/m1/s1. The van der Waals surface area contributed by atoms with Crippen LogP contribution in [0.15, 0.2) is 33.6 Å². The highest BCUT2D eigenvalue weighted by atomic mass is 79.9. The van der Waals surface area contributed by atoms with Gasteiger partial charge in [-0.2, -0.15) is 16.5 Å². The molecule has 106 valence electrons. The van der Waals surface area contributed by atoms with E-state index in [-0.39, 0.29) is 11.3 Å². The number of sulfonamides is 1. The van der Waals surface area contributed by atoms with Crippen molar-refractivity contribution >= 4 is 43.7 Å². The Hall–Kier alpha value is -0.570. The van der Waals surface area contributed by atoms with Crippen LogP contribution in [0.3, 0.4) is 0 Å². The van der Waals surface area contributed by atoms with E-state index < -0.39 is 22.0 Å². The van der Waals surface area contributed by atoms with E-state index in [0.717, 1.165) is 0 Å². The van der Waals surface area contributed by atoms with Crippen LogP contribution in [0.25, 0.3) is 0 Å². The zero-order valence-electron chi connectivity index (χ0n) is 10.2. The lowest BCUT2D eigenvalue weighted by atomic mass is 10.2. The SMILES string of the molecule is CSCC[C@@H](NS(=O)(=O)c1ccccc1Br)C(=O)O. The van der Waals surface area contributed by atoms with Gasteiger partial charge in [-0.05, 0) is 46.5 Å². The lowest BCUT2D eigenvalue weighted by Crippen LogP contribution is -2.41. The summed E-state index contributed by atoms with van der Waals surface area (Å²) in [5.74, 6) is -0.611. The highest BCUT2D eigenvalue weighted by Crippen LogP contribution is 2.21. The number of hydrogen-bond acceptors (Lipinski definition) is 4. The molecule has 0 heterocycles. The number of hydrogen-bond donors (Lipinski definition) is 2. The van der Waals surface area contributed by atoms with E-state index >= 15 is 0 Å². The minimum Gasteiger partial charge on any atom is -0.480 e. The molecule has 0 aliphatic rings. The van der Waals surface area contributed by atoms with Crippen molar-refractivity contribution in [3.63, 3.8) is 0 Å². The van der Waals surface area contributed by atoms with Crippen molar-refractivity contribution in [2.45, 2.75) is 17.4 Å². The molecule has 0 saturated heterocycles. The monoisotopic (exact) mass is 367 g/mol. The van der Waals surface area contributed by atoms with Gasteiger partial charge in [0, 0.05) is 4.47 Å². The van der Waals surface area contributed by atoms with Gasteiger partial charge in [-0.3, -0.25) is 4.79 Å². The molecule has 0 aromatic heterocycles. The van der Waals surface area contributed by atoms with E-state index in [1.54, 1.807) is 18.2 Å². The van der Waals surface area contributed by atoms with Crippen LogP contribution < -0.4 is 4.72 Å². The molecule has 0 spiro atoms. The molecule has 5 nitrogen and oxygen atoms in total. The van der Waals surface area contributed by atoms with Crippen LogP contribution in [-0.2, 0) is 14.8 Å².